The van der Waals surface area contributed by atoms with Crippen LogP contribution in [0.4, 0.5) is 5.69 Å². The fourth-order valence-electron chi connectivity index (χ4n) is 2.58. The van der Waals surface area contributed by atoms with Crippen LogP contribution in [0.2, 0.25) is 5.02 Å². The molecule has 0 atom stereocenters. The van der Waals surface area contributed by atoms with Crippen molar-refractivity contribution >= 4 is 23.2 Å². The van der Waals surface area contributed by atoms with Crippen LogP contribution in [0.15, 0.2) is 29.3 Å². The summed E-state index contributed by atoms with van der Waals surface area (Å²) in [4.78, 5) is 6.55. The summed E-state index contributed by atoms with van der Waals surface area (Å²) in [5, 5.41) is 0.751. The van der Waals surface area contributed by atoms with Gasteiger partial charge in [-0.2, -0.15) is 0 Å². The van der Waals surface area contributed by atoms with Gasteiger partial charge >= 0.3 is 0 Å². The topological polar surface area (TPSA) is 41.6 Å². The monoisotopic (exact) mass is 235 g/mol. The third kappa shape index (κ3) is 1.31. The van der Waals surface area contributed by atoms with Gasteiger partial charge in [0.25, 0.3) is 0 Å². The van der Waals surface area contributed by atoms with Crippen LogP contribution in [-0.4, -0.2) is 18.0 Å². The maximum absolute atomic E-state index is 5.98. The van der Waals surface area contributed by atoms with Crippen molar-refractivity contribution in [1.82, 2.24) is 0 Å². The minimum absolute atomic E-state index is 0.165. The molecule has 1 fully saturated rings. The lowest BCUT2D eigenvalue weighted by Gasteiger charge is -2.46. The van der Waals surface area contributed by atoms with Crippen molar-refractivity contribution in [3.8, 4) is 0 Å². The number of anilines is 1. The van der Waals surface area contributed by atoms with Crippen molar-refractivity contribution in [1.29, 1.82) is 0 Å². The van der Waals surface area contributed by atoms with Gasteiger partial charge in [0.15, 0.2) is 5.96 Å². The van der Waals surface area contributed by atoms with Gasteiger partial charge in [-0.25, -0.2) is 0 Å². The number of guanidine groups is 1. The lowest BCUT2D eigenvalue weighted by Crippen LogP contribution is -2.56. The van der Waals surface area contributed by atoms with Crippen LogP contribution in [0.25, 0.3) is 0 Å². The Balaban J connectivity index is 1.97. The molecule has 0 bridgehead atoms. The van der Waals surface area contributed by atoms with Crippen molar-refractivity contribution in [2.45, 2.75) is 24.8 Å². The zero-order chi connectivity index (χ0) is 11.2. The van der Waals surface area contributed by atoms with Crippen molar-refractivity contribution in [2.75, 3.05) is 11.4 Å². The normalized spacial score (nSPS) is 22.1. The summed E-state index contributed by atoms with van der Waals surface area (Å²) in [5.41, 5.74) is 7.24. The summed E-state index contributed by atoms with van der Waals surface area (Å²) >= 11 is 5.89. The van der Waals surface area contributed by atoms with Gasteiger partial charge in [0, 0.05) is 10.7 Å². The Hall–Kier alpha value is -1.22. The summed E-state index contributed by atoms with van der Waals surface area (Å²) in [6, 6.07) is 7.82. The van der Waals surface area contributed by atoms with E-state index in [9.17, 15) is 0 Å². The number of halogens is 1. The van der Waals surface area contributed by atoms with E-state index in [1.54, 1.807) is 0 Å². The maximum Gasteiger partial charge on any atom is 0.196 e. The molecule has 84 valence electrons. The van der Waals surface area contributed by atoms with E-state index in [-0.39, 0.29) is 5.54 Å². The van der Waals surface area contributed by atoms with Gasteiger partial charge in [0.1, 0.15) is 0 Å². The van der Waals surface area contributed by atoms with E-state index in [0.29, 0.717) is 5.96 Å². The van der Waals surface area contributed by atoms with Gasteiger partial charge in [0.2, 0.25) is 0 Å². The molecule has 1 aromatic carbocycles. The lowest BCUT2D eigenvalue weighted by molar-refractivity contribution is 0.272. The Labute approximate surface area is 99.9 Å². The van der Waals surface area contributed by atoms with Crippen LogP contribution in [0, 0.1) is 0 Å². The second kappa shape index (κ2) is 3.39. The van der Waals surface area contributed by atoms with Crippen molar-refractivity contribution in [2.24, 2.45) is 10.7 Å². The van der Waals surface area contributed by atoms with E-state index in [4.69, 9.17) is 17.3 Å². The van der Waals surface area contributed by atoms with Gasteiger partial charge < -0.3 is 10.6 Å². The quantitative estimate of drug-likeness (QED) is 0.812. The first kappa shape index (κ1) is 9.97. The third-order valence-electron chi connectivity index (χ3n) is 3.61. The van der Waals surface area contributed by atoms with Crippen LogP contribution < -0.4 is 10.6 Å². The highest BCUT2D eigenvalue weighted by molar-refractivity contribution is 6.30. The van der Waals surface area contributed by atoms with Crippen LogP contribution in [0.3, 0.4) is 0 Å². The average Bonchev–Trinajstić information content (AvgIpc) is 2.57. The molecule has 3 rings (SSSR count). The molecule has 1 aromatic rings. The smallest absolute Gasteiger partial charge is 0.196 e. The molecule has 3 nitrogen and oxygen atoms in total. The first-order valence-electron chi connectivity index (χ1n) is 5.57. The average molecular weight is 236 g/mol. The fraction of sp³-hybridized carbons (Fsp3) is 0.417. The molecule has 4 heteroatoms. The third-order valence-corrected chi connectivity index (χ3v) is 3.86. The van der Waals surface area contributed by atoms with Crippen molar-refractivity contribution < 1.29 is 0 Å². The van der Waals surface area contributed by atoms with Crippen molar-refractivity contribution in [3.05, 3.63) is 29.3 Å². The van der Waals surface area contributed by atoms with E-state index in [1.807, 2.05) is 24.3 Å². The molecule has 1 aliphatic heterocycles. The van der Waals surface area contributed by atoms with Gasteiger partial charge in [-0.15, -0.1) is 0 Å². The number of aliphatic imine (C=N–C) groups is 1. The van der Waals surface area contributed by atoms with Crippen LogP contribution in [0.1, 0.15) is 19.3 Å². The highest BCUT2D eigenvalue weighted by atomic mass is 35.5. The molecular weight excluding hydrogens is 222 g/mol. The maximum atomic E-state index is 5.98. The summed E-state index contributed by atoms with van der Waals surface area (Å²) in [5.74, 6) is 0.641. The van der Waals surface area contributed by atoms with Crippen LogP contribution in [0.5, 0.6) is 0 Å². The molecule has 16 heavy (non-hydrogen) atoms. The zero-order valence-corrected chi connectivity index (χ0v) is 9.74. The lowest BCUT2D eigenvalue weighted by atomic mass is 9.76. The molecule has 1 spiro atoms. The Morgan fingerprint density at radius 2 is 1.94 bits per heavy atom. The Morgan fingerprint density at radius 3 is 2.50 bits per heavy atom. The molecule has 0 saturated heterocycles. The molecular formula is C12H14ClN3. The first-order valence-corrected chi connectivity index (χ1v) is 5.95. The summed E-state index contributed by atoms with van der Waals surface area (Å²) in [7, 11) is 0. The van der Waals surface area contributed by atoms with Crippen molar-refractivity contribution in [3.63, 3.8) is 0 Å². The second-order valence-electron chi connectivity index (χ2n) is 4.56. The van der Waals surface area contributed by atoms with Gasteiger partial charge in [-0.3, -0.25) is 4.99 Å². The van der Waals surface area contributed by atoms with Crippen LogP contribution in [-0.2, 0) is 0 Å². The molecule has 1 saturated carbocycles. The fourth-order valence-corrected chi connectivity index (χ4v) is 2.70. The molecule has 2 N–H and O–H groups in total. The molecule has 2 aliphatic rings. The molecule has 0 amide bonds. The first-order chi connectivity index (χ1) is 7.71. The van der Waals surface area contributed by atoms with Gasteiger partial charge in [0.05, 0.1) is 12.1 Å². The molecule has 0 unspecified atom stereocenters. The van der Waals surface area contributed by atoms with Gasteiger partial charge in [-0.1, -0.05) is 11.6 Å². The standard InChI is InChI=1S/C12H14ClN3/c13-9-2-4-10(5-3-9)16-11(14)15-8-12(16)6-1-7-12/h2-5H,1,6-8H2,(H2,14,15). The molecule has 1 aliphatic carbocycles. The summed E-state index contributed by atoms with van der Waals surface area (Å²) < 4.78 is 0. The number of nitrogens with two attached hydrogens (primary N) is 1. The molecule has 1 heterocycles. The van der Waals surface area contributed by atoms with Crippen LogP contribution >= 0.6 is 11.6 Å². The Morgan fingerprint density at radius 1 is 1.25 bits per heavy atom. The SMILES string of the molecule is NC1=NCC2(CCC2)N1c1ccc(Cl)cc1. The Kier molecular flexibility index (Phi) is 2.11. The minimum atomic E-state index is 0.165. The van der Waals surface area contributed by atoms with E-state index >= 15 is 0 Å². The minimum Gasteiger partial charge on any atom is -0.369 e. The summed E-state index contributed by atoms with van der Waals surface area (Å²) in [6.45, 7) is 0.835. The number of benzene rings is 1. The summed E-state index contributed by atoms with van der Waals surface area (Å²) in [6.07, 6.45) is 3.63. The van der Waals surface area contributed by atoms with Gasteiger partial charge in [-0.05, 0) is 43.5 Å². The highest BCUT2D eigenvalue weighted by Crippen LogP contribution is 2.43. The molecule has 0 radical (unpaired) electrons. The largest absolute Gasteiger partial charge is 0.369 e. The number of nitrogens with zero attached hydrogens (tertiary/aromatic N) is 2. The number of rotatable bonds is 1. The zero-order valence-electron chi connectivity index (χ0n) is 8.99. The second-order valence-corrected chi connectivity index (χ2v) is 5.00. The van der Waals surface area contributed by atoms with E-state index in [0.717, 1.165) is 17.3 Å². The number of hydrogen-bond donors (Lipinski definition) is 1. The number of hydrogen-bond acceptors (Lipinski definition) is 3. The molecule has 0 aromatic heterocycles. The predicted molar refractivity (Wildman–Crippen MR) is 67.0 cm³/mol. The predicted octanol–water partition coefficient (Wildman–Crippen LogP) is 2.40. The van der Waals surface area contributed by atoms with E-state index < -0.39 is 0 Å². The van der Waals surface area contributed by atoms with E-state index in [2.05, 4.69) is 9.89 Å². The Bertz CT molecular complexity index is 434. The highest BCUT2D eigenvalue weighted by Gasteiger charge is 2.47. The van der Waals surface area contributed by atoms with E-state index in [1.165, 1.54) is 19.3 Å².